The molecule has 1 aliphatic rings. The highest BCUT2D eigenvalue weighted by Gasteiger charge is 2.41. The van der Waals surface area contributed by atoms with Crippen molar-refractivity contribution in [2.24, 2.45) is 0 Å². The van der Waals surface area contributed by atoms with Gasteiger partial charge in [-0.1, -0.05) is 12.1 Å². The van der Waals surface area contributed by atoms with Crippen LogP contribution in [0.15, 0.2) is 47.5 Å². The first-order chi connectivity index (χ1) is 12.7. The van der Waals surface area contributed by atoms with Crippen molar-refractivity contribution in [2.75, 3.05) is 19.6 Å². The number of piperidine rings is 1. The molecule has 8 nitrogen and oxygen atoms in total. The minimum atomic E-state index is -0.667. The van der Waals surface area contributed by atoms with E-state index in [0.29, 0.717) is 25.9 Å². The molecule has 0 radical (unpaired) electrons. The lowest BCUT2D eigenvalue weighted by molar-refractivity contribution is -0.132. The summed E-state index contributed by atoms with van der Waals surface area (Å²) in [5.74, 6) is -0.0457. The van der Waals surface area contributed by atoms with Crippen LogP contribution >= 0.6 is 12.4 Å². The fraction of sp³-hybridized carbons (Fsp3) is 0.389. The predicted octanol–water partition coefficient (Wildman–Crippen LogP) is 0.843. The van der Waals surface area contributed by atoms with Gasteiger partial charge >= 0.3 is 5.69 Å². The van der Waals surface area contributed by atoms with E-state index in [2.05, 4.69) is 20.7 Å². The van der Waals surface area contributed by atoms with Gasteiger partial charge in [-0.3, -0.25) is 14.0 Å². The van der Waals surface area contributed by atoms with Crippen LogP contribution in [0.1, 0.15) is 12.8 Å². The van der Waals surface area contributed by atoms with Crippen LogP contribution in [0.25, 0.3) is 11.0 Å². The van der Waals surface area contributed by atoms with Crippen LogP contribution in [-0.2, 0) is 16.9 Å². The molecular weight excluding hydrogens is 368 g/mol. The highest BCUT2D eigenvalue weighted by Crippen LogP contribution is 2.27. The third-order valence-electron chi connectivity index (χ3n) is 5.10. The van der Waals surface area contributed by atoms with Gasteiger partial charge in [-0.2, -0.15) is 5.10 Å². The van der Waals surface area contributed by atoms with Gasteiger partial charge in [0.05, 0.1) is 11.0 Å². The Bertz CT molecular complexity index is 956. The van der Waals surface area contributed by atoms with E-state index in [4.69, 9.17) is 0 Å². The van der Waals surface area contributed by atoms with E-state index in [0.717, 1.165) is 24.1 Å². The Morgan fingerprint density at radius 2 is 2.00 bits per heavy atom. The van der Waals surface area contributed by atoms with Crippen molar-refractivity contribution in [3.05, 3.63) is 53.2 Å². The number of amides is 1. The Morgan fingerprint density at radius 1 is 1.22 bits per heavy atom. The second kappa shape index (κ2) is 7.98. The van der Waals surface area contributed by atoms with Crippen molar-refractivity contribution >= 4 is 29.3 Å². The number of imidazole rings is 1. The molecule has 0 atom stereocenters. The summed E-state index contributed by atoms with van der Waals surface area (Å²) in [4.78, 5) is 28.0. The zero-order valence-electron chi connectivity index (χ0n) is 14.9. The third-order valence-corrected chi connectivity index (χ3v) is 5.10. The number of rotatable bonds is 5. The summed E-state index contributed by atoms with van der Waals surface area (Å²) in [6, 6.07) is 9.38. The van der Waals surface area contributed by atoms with Gasteiger partial charge in [-0.25, -0.2) is 4.79 Å². The second-order valence-electron chi connectivity index (χ2n) is 6.59. The number of halogens is 1. The maximum atomic E-state index is 13.0. The van der Waals surface area contributed by atoms with Gasteiger partial charge in [0.25, 0.3) is 0 Å². The van der Waals surface area contributed by atoms with Crippen molar-refractivity contribution in [3.63, 3.8) is 0 Å². The van der Waals surface area contributed by atoms with Crippen LogP contribution in [0.3, 0.4) is 0 Å². The van der Waals surface area contributed by atoms with Crippen LogP contribution < -0.4 is 16.3 Å². The third kappa shape index (κ3) is 3.50. The van der Waals surface area contributed by atoms with Crippen LogP contribution in [0.2, 0.25) is 0 Å². The number of hydrogen-bond donors (Lipinski definition) is 3. The number of aromatic amines is 1. The maximum absolute atomic E-state index is 13.0. The molecule has 2 aromatic heterocycles. The molecular formula is C18H23ClN6O2. The standard InChI is InChI=1S/C18H22N6O2.ClH/c25-16(18(6-9-19-10-7-18)24-12-3-8-21-24)20-11-13-23-15-5-2-1-4-14(15)22-17(23)26;/h1-5,8,12,19H,6-7,9-11,13H2,(H,20,25)(H,22,26);1H. The number of para-hydroxylation sites is 2. The lowest BCUT2D eigenvalue weighted by Gasteiger charge is -2.36. The van der Waals surface area contributed by atoms with Gasteiger partial charge in [0, 0.05) is 25.5 Å². The van der Waals surface area contributed by atoms with Gasteiger partial charge < -0.3 is 15.6 Å². The van der Waals surface area contributed by atoms with E-state index >= 15 is 0 Å². The van der Waals surface area contributed by atoms with Crippen LogP contribution in [0.5, 0.6) is 0 Å². The number of fused-ring (bicyclic) bond motifs is 1. The zero-order chi connectivity index (χ0) is 18.0. The van der Waals surface area contributed by atoms with Gasteiger partial charge in [0.15, 0.2) is 0 Å². The predicted molar refractivity (Wildman–Crippen MR) is 105 cm³/mol. The van der Waals surface area contributed by atoms with Crippen molar-refractivity contribution in [3.8, 4) is 0 Å². The Morgan fingerprint density at radius 3 is 2.74 bits per heavy atom. The van der Waals surface area contributed by atoms with E-state index in [-0.39, 0.29) is 24.0 Å². The summed E-state index contributed by atoms with van der Waals surface area (Å²) in [5, 5.41) is 10.6. The fourth-order valence-electron chi connectivity index (χ4n) is 3.70. The molecule has 1 aliphatic heterocycles. The topological polar surface area (TPSA) is 96.7 Å². The van der Waals surface area contributed by atoms with E-state index in [1.165, 1.54) is 0 Å². The number of nitrogens with zero attached hydrogens (tertiary/aromatic N) is 3. The van der Waals surface area contributed by atoms with Gasteiger partial charge in [-0.15, -0.1) is 12.4 Å². The Balaban J connectivity index is 0.00000210. The van der Waals surface area contributed by atoms with Crippen molar-refractivity contribution in [1.82, 2.24) is 30.0 Å². The average molecular weight is 391 g/mol. The molecule has 0 bridgehead atoms. The number of benzene rings is 1. The average Bonchev–Trinajstić information content (AvgIpc) is 3.31. The fourth-order valence-corrected chi connectivity index (χ4v) is 3.70. The summed E-state index contributed by atoms with van der Waals surface area (Å²) < 4.78 is 3.42. The molecule has 1 fully saturated rings. The Labute approximate surface area is 162 Å². The highest BCUT2D eigenvalue weighted by molar-refractivity contribution is 5.85. The SMILES string of the molecule is Cl.O=C(NCCn1c(=O)[nH]c2ccccc21)C1(n2cccn2)CCNCC1. The van der Waals surface area contributed by atoms with Gasteiger partial charge in [0.1, 0.15) is 5.54 Å². The largest absolute Gasteiger partial charge is 0.352 e. The summed E-state index contributed by atoms with van der Waals surface area (Å²) in [6.45, 7) is 2.35. The lowest BCUT2D eigenvalue weighted by Crippen LogP contribution is -2.55. The smallest absolute Gasteiger partial charge is 0.326 e. The number of nitrogens with one attached hydrogen (secondary N) is 3. The minimum Gasteiger partial charge on any atom is -0.352 e. The number of hydrogen-bond acceptors (Lipinski definition) is 4. The zero-order valence-corrected chi connectivity index (χ0v) is 15.7. The number of H-pyrrole nitrogens is 1. The molecule has 0 saturated carbocycles. The van der Waals surface area contributed by atoms with Crippen LogP contribution in [-0.4, -0.2) is 44.9 Å². The van der Waals surface area contributed by atoms with Crippen molar-refractivity contribution < 1.29 is 4.79 Å². The second-order valence-corrected chi connectivity index (χ2v) is 6.59. The molecule has 3 aromatic rings. The Kier molecular flexibility index (Phi) is 5.67. The van der Waals surface area contributed by atoms with Crippen LogP contribution in [0.4, 0.5) is 0 Å². The number of carbonyl (C=O) groups is 1. The molecule has 9 heteroatoms. The van der Waals surface area contributed by atoms with E-state index in [1.54, 1.807) is 15.4 Å². The van der Waals surface area contributed by atoms with Crippen molar-refractivity contribution in [2.45, 2.75) is 24.9 Å². The van der Waals surface area contributed by atoms with E-state index in [9.17, 15) is 9.59 Å². The lowest BCUT2D eigenvalue weighted by atomic mass is 9.87. The number of carbonyl (C=O) groups excluding carboxylic acids is 1. The van der Waals surface area contributed by atoms with Gasteiger partial charge in [-0.05, 0) is 44.1 Å². The normalized spacial score (nSPS) is 16.0. The quantitative estimate of drug-likeness (QED) is 0.601. The molecule has 27 heavy (non-hydrogen) atoms. The molecule has 0 unspecified atom stereocenters. The monoisotopic (exact) mass is 390 g/mol. The summed E-state index contributed by atoms with van der Waals surface area (Å²) in [5.41, 5.74) is 0.814. The van der Waals surface area contributed by atoms with E-state index in [1.807, 2.05) is 36.5 Å². The van der Waals surface area contributed by atoms with E-state index < -0.39 is 5.54 Å². The van der Waals surface area contributed by atoms with Gasteiger partial charge in [0.2, 0.25) is 5.91 Å². The minimum absolute atomic E-state index is 0. The molecule has 144 valence electrons. The first-order valence-electron chi connectivity index (χ1n) is 8.87. The molecule has 0 spiro atoms. The number of aromatic nitrogens is 4. The first kappa shape index (κ1) is 19.2. The summed E-state index contributed by atoms with van der Waals surface area (Å²) >= 11 is 0. The molecule has 1 saturated heterocycles. The molecule has 4 rings (SSSR count). The first-order valence-corrected chi connectivity index (χ1v) is 8.87. The molecule has 3 heterocycles. The Hall–Kier alpha value is -2.58. The summed E-state index contributed by atoms with van der Waals surface area (Å²) in [6.07, 6.45) is 4.92. The molecule has 1 aromatic carbocycles. The summed E-state index contributed by atoms with van der Waals surface area (Å²) in [7, 11) is 0. The molecule has 1 amide bonds. The van der Waals surface area contributed by atoms with Crippen molar-refractivity contribution in [1.29, 1.82) is 0 Å². The highest BCUT2D eigenvalue weighted by atomic mass is 35.5. The van der Waals surface area contributed by atoms with Crippen LogP contribution in [0, 0.1) is 0 Å². The molecule has 3 N–H and O–H groups in total. The maximum Gasteiger partial charge on any atom is 0.326 e. The molecule has 0 aliphatic carbocycles.